The molecule has 3 fully saturated rings. The molecule has 1 amide bonds. The predicted octanol–water partition coefficient (Wildman–Crippen LogP) is -6.79. The van der Waals surface area contributed by atoms with Crippen LogP contribution < -0.4 is 5.32 Å². The molecule has 10 N–H and O–H groups in total. The van der Waals surface area contributed by atoms with Crippen molar-refractivity contribution in [2.75, 3.05) is 19.8 Å². The van der Waals surface area contributed by atoms with Crippen LogP contribution in [0.15, 0.2) is 0 Å². The maximum Gasteiger partial charge on any atom is 0.217 e. The Labute approximate surface area is 199 Å². The SMILES string of the molecule is CC(=O)N[C@H]1C(O)O[C@H](CO)[C@@H](O[C@@H]2O[C@H](CO)[C@H](O)[C@H](O)[C@H]2O)[C@@H]1O[C@@H]1OC[C@@H](O)[C@H](O)[C@H]1O. The molecule has 3 heterocycles. The van der Waals surface area contributed by atoms with E-state index >= 15 is 0 Å². The largest absolute Gasteiger partial charge is 0.394 e. The van der Waals surface area contributed by atoms with E-state index < -0.39 is 112 Å². The number of aliphatic hydroxyl groups is 9. The van der Waals surface area contributed by atoms with Gasteiger partial charge in [0.15, 0.2) is 18.9 Å². The second kappa shape index (κ2) is 12.0. The van der Waals surface area contributed by atoms with E-state index in [4.69, 9.17) is 23.7 Å². The highest BCUT2D eigenvalue weighted by Crippen LogP contribution is 2.32. The highest BCUT2D eigenvalue weighted by molar-refractivity contribution is 5.73. The molecule has 204 valence electrons. The number of ether oxygens (including phenoxy) is 5. The van der Waals surface area contributed by atoms with E-state index in [2.05, 4.69) is 5.32 Å². The van der Waals surface area contributed by atoms with E-state index in [-0.39, 0.29) is 0 Å². The monoisotopic (exact) mass is 515 g/mol. The van der Waals surface area contributed by atoms with Crippen LogP contribution in [0.3, 0.4) is 0 Å². The third-order valence-electron chi connectivity index (χ3n) is 6.10. The minimum Gasteiger partial charge on any atom is -0.394 e. The Morgan fingerprint density at radius 3 is 2.00 bits per heavy atom. The summed E-state index contributed by atoms with van der Waals surface area (Å²) in [6, 6.07) is -1.40. The fraction of sp³-hybridized carbons (Fsp3) is 0.947. The zero-order valence-electron chi connectivity index (χ0n) is 18.7. The predicted molar refractivity (Wildman–Crippen MR) is 107 cm³/mol. The van der Waals surface area contributed by atoms with Crippen LogP contribution in [0.5, 0.6) is 0 Å². The average Bonchev–Trinajstić information content (AvgIpc) is 2.82. The molecule has 35 heavy (non-hydrogen) atoms. The van der Waals surface area contributed by atoms with Crippen LogP contribution >= 0.6 is 0 Å². The van der Waals surface area contributed by atoms with Crippen molar-refractivity contribution in [3.63, 3.8) is 0 Å². The number of aliphatic hydroxyl groups excluding tert-OH is 9. The molecule has 0 radical (unpaired) electrons. The first-order chi connectivity index (χ1) is 16.5. The summed E-state index contributed by atoms with van der Waals surface area (Å²) >= 11 is 0. The summed E-state index contributed by atoms with van der Waals surface area (Å²) in [6.45, 7) is -0.825. The van der Waals surface area contributed by atoms with Gasteiger partial charge in [-0.1, -0.05) is 0 Å². The summed E-state index contributed by atoms with van der Waals surface area (Å²) < 4.78 is 27.3. The van der Waals surface area contributed by atoms with Crippen molar-refractivity contribution >= 4 is 5.91 Å². The summed E-state index contributed by atoms with van der Waals surface area (Å²) in [5.74, 6) is -0.638. The molecule has 16 nitrogen and oxygen atoms in total. The van der Waals surface area contributed by atoms with Gasteiger partial charge in [0.05, 0.1) is 19.8 Å². The average molecular weight is 515 g/mol. The molecule has 0 saturated carbocycles. The van der Waals surface area contributed by atoms with Crippen LogP contribution in [0, 0.1) is 0 Å². The lowest BCUT2D eigenvalue weighted by Gasteiger charge is -2.48. The van der Waals surface area contributed by atoms with Crippen molar-refractivity contribution in [2.45, 2.75) is 92.9 Å². The molecule has 14 atom stereocenters. The first-order valence-electron chi connectivity index (χ1n) is 11.0. The number of rotatable bonds is 7. The molecular weight excluding hydrogens is 482 g/mol. The van der Waals surface area contributed by atoms with Gasteiger partial charge < -0.3 is 75.0 Å². The maximum absolute atomic E-state index is 11.8. The van der Waals surface area contributed by atoms with Gasteiger partial charge in [0.1, 0.15) is 67.1 Å². The Morgan fingerprint density at radius 2 is 1.40 bits per heavy atom. The molecule has 0 spiro atoms. The van der Waals surface area contributed by atoms with Crippen LogP contribution in [0.1, 0.15) is 6.92 Å². The summed E-state index contributed by atoms with van der Waals surface area (Å²) in [6.07, 6.45) is -20.9. The number of nitrogens with one attached hydrogen (secondary N) is 1. The molecule has 3 saturated heterocycles. The highest BCUT2D eigenvalue weighted by atomic mass is 16.7. The summed E-state index contributed by atoms with van der Waals surface area (Å²) in [5.41, 5.74) is 0. The van der Waals surface area contributed by atoms with Gasteiger partial charge in [-0.15, -0.1) is 0 Å². The van der Waals surface area contributed by atoms with Gasteiger partial charge in [-0.2, -0.15) is 0 Å². The second-order valence-corrected chi connectivity index (χ2v) is 8.62. The molecule has 0 bridgehead atoms. The van der Waals surface area contributed by atoms with Crippen LogP contribution in [0.2, 0.25) is 0 Å². The third-order valence-corrected chi connectivity index (χ3v) is 6.10. The van der Waals surface area contributed by atoms with Gasteiger partial charge >= 0.3 is 0 Å². The summed E-state index contributed by atoms with van der Waals surface area (Å²) in [5, 5.41) is 92.5. The third kappa shape index (κ3) is 6.08. The molecule has 0 aromatic carbocycles. The zero-order chi connectivity index (χ0) is 26.0. The van der Waals surface area contributed by atoms with Crippen LogP contribution in [-0.2, 0) is 28.5 Å². The topological polar surface area (TPSA) is 257 Å². The number of hydrogen-bond acceptors (Lipinski definition) is 15. The lowest BCUT2D eigenvalue weighted by molar-refractivity contribution is -0.366. The Balaban J connectivity index is 1.90. The van der Waals surface area contributed by atoms with Crippen LogP contribution in [-0.4, -0.2) is 158 Å². The van der Waals surface area contributed by atoms with Gasteiger partial charge in [-0.3, -0.25) is 4.79 Å². The van der Waals surface area contributed by atoms with E-state index in [1.165, 1.54) is 0 Å². The molecule has 16 heteroatoms. The van der Waals surface area contributed by atoms with Crippen molar-refractivity contribution < 1.29 is 74.4 Å². The number of carbonyl (C=O) groups is 1. The van der Waals surface area contributed by atoms with Crippen molar-refractivity contribution in [3.8, 4) is 0 Å². The van der Waals surface area contributed by atoms with Crippen molar-refractivity contribution in [3.05, 3.63) is 0 Å². The highest BCUT2D eigenvalue weighted by Gasteiger charge is 2.53. The van der Waals surface area contributed by atoms with Crippen molar-refractivity contribution in [2.24, 2.45) is 0 Å². The molecule has 3 aliphatic heterocycles. The summed E-state index contributed by atoms with van der Waals surface area (Å²) in [7, 11) is 0. The Bertz CT molecular complexity index is 699. The molecule has 3 rings (SSSR count). The minimum atomic E-state index is -1.84. The smallest absolute Gasteiger partial charge is 0.217 e. The molecular formula is C19H33NO15. The maximum atomic E-state index is 11.8. The Morgan fingerprint density at radius 1 is 0.800 bits per heavy atom. The van der Waals surface area contributed by atoms with Gasteiger partial charge in [-0.25, -0.2) is 0 Å². The van der Waals surface area contributed by atoms with Crippen molar-refractivity contribution in [1.29, 1.82) is 0 Å². The summed E-state index contributed by atoms with van der Waals surface area (Å²) in [4.78, 5) is 11.8. The van der Waals surface area contributed by atoms with Gasteiger partial charge in [0.25, 0.3) is 0 Å². The van der Waals surface area contributed by atoms with E-state index in [0.717, 1.165) is 6.92 Å². The second-order valence-electron chi connectivity index (χ2n) is 8.62. The van der Waals surface area contributed by atoms with Gasteiger partial charge in [0, 0.05) is 6.92 Å². The number of carbonyl (C=O) groups excluding carboxylic acids is 1. The van der Waals surface area contributed by atoms with Crippen LogP contribution in [0.25, 0.3) is 0 Å². The number of amides is 1. The van der Waals surface area contributed by atoms with Crippen molar-refractivity contribution in [1.82, 2.24) is 5.32 Å². The molecule has 1 unspecified atom stereocenters. The minimum absolute atomic E-state index is 0.429. The normalized spacial score (nSPS) is 49.0. The quantitative estimate of drug-likeness (QED) is 0.151. The first kappa shape index (κ1) is 28.5. The van der Waals surface area contributed by atoms with E-state index in [1.54, 1.807) is 0 Å². The fourth-order valence-corrected chi connectivity index (χ4v) is 4.17. The standard InChI is InChI=1S/C19H33NO15/c1-5(23)20-9-16(35-18-13(28)10(25)6(24)4-31-18)15(8(3-22)32-17(9)30)34-19-14(29)12(27)11(26)7(2-21)33-19/h6-19,21-22,24-30H,2-4H2,1H3,(H,20,23)/t6-,7-,8-,9-,10+,11+,12+,13-,14-,15-,16-,17?,18+,19+/m1/s1. The number of hydrogen-bond donors (Lipinski definition) is 10. The lowest BCUT2D eigenvalue weighted by atomic mass is 9.95. The molecule has 0 aromatic rings. The Kier molecular flexibility index (Phi) is 9.74. The Hall–Kier alpha value is -1.09. The van der Waals surface area contributed by atoms with Crippen LogP contribution in [0.4, 0.5) is 0 Å². The van der Waals surface area contributed by atoms with Gasteiger partial charge in [0.2, 0.25) is 5.91 Å². The lowest BCUT2D eigenvalue weighted by Crippen LogP contribution is -2.69. The van der Waals surface area contributed by atoms with Gasteiger partial charge in [-0.05, 0) is 0 Å². The zero-order valence-corrected chi connectivity index (χ0v) is 18.7. The fourth-order valence-electron chi connectivity index (χ4n) is 4.17. The first-order valence-corrected chi connectivity index (χ1v) is 11.0. The molecule has 0 aliphatic carbocycles. The molecule has 3 aliphatic rings. The molecule has 0 aromatic heterocycles. The van der Waals surface area contributed by atoms with E-state index in [9.17, 15) is 50.8 Å². The van der Waals surface area contributed by atoms with E-state index in [0.29, 0.717) is 0 Å². The van der Waals surface area contributed by atoms with E-state index in [1.807, 2.05) is 0 Å².